The number of carbonyl (C=O) groups excluding carboxylic acids is 1. The molecule has 1 nitrogen and oxygen atoms in total. The van der Waals surface area contributed by atoms with E-state index in [0.717, 1.165) is 12.3 Å². The van der Waals surface area contributed by atoms with Crippen LogP contribution in [0.2, 0.25) is 0 Å². The Morgan fingerprint density at radius 2 is 1.22 bits per heavy atom. The maximum Gasteiger partial charge on any atom is 0.135 e. The molecule has 1 rings (SSSR count). The maximum absolute atomic E-state index is 10.7. The smallest absolute Gasteiger partial charge is 0.135 e. The molecular weight excluding hydrogens is 328 g/mol. The number of benzene rings is 1. The molecule has 0 aromatic heterocycles. The van der Waals surface area contributed by atoms with Crippen molar-refractivity contribution in [3.05, 3.63) is 34.9 Å². The van der Waals surface area contributed by atoms with Gasteiger partial charge in [-0.1, -0.05) is 106 Å². The molecule has 0 radical (unpaired) electrons. The molecule has 1 unspecified atom stereocenters. The van der Waals surface area contributed by atoms with Gasteiger partial charge in [0.1, 0.15) is 5.78 Å². The Bertz CT molecular complexity index is 416. The van der Waals surface area contributed by atoms with Crippen LogP contribution in [0.5, 0.6) is 0 Å². The van der Waals surface area contributed by atoms with Crippen molar-refractivity contribution in [3.8, 4) is 0 Å². The van der Waals surface area contributed by atoms with Crippen molar-refractivity contribution < 1.29 is 4.79 Å². The highest BCUT2D eigenvalue weighted by Gasteiger charge is 2.05. The van der Waals surface area contributed by atoms with Gasteiger partial charge >= 0.3 is 0 Å². The van der Waals surface area contributed by atoms with E-state index in [1.54, 1.807) is 0 Å². The molecule has 0 fully saturated rings. The van der Waals surface area contributed by atoms with Crippen LogP contribution in [0, 0.1) is 32.6 Å². The zero-order valence-corrected chi connectivity index (χ0v) is 21.1. The van der Waals surface area contributed by atoms with Crippen LogP contribution in [-0.2, 0) is 4.79 Å². The second-order valence-corrected chi connectivity index (χ2v) is 6.64. The predicted octanol–water partition coefficient (Wildman–Crippen LogP) is 9.12. The van der Waals surface area contributed by atoms with Crippen molar-refractivity contribution in [1.82, 2.24) is 0 Å². The fourth-order valence-corrected chi connectivity index (χ4v) is 1.76. The van der Waals surface area contributed by atoms with Crippen LogP contribution < -0.4 is 0 Å². The van der Waals surface area contributed by atoms with Crippen molar-refractivity contribution in [3.63, 3.8) is 0 Å². The molecule has 0 heterocycles. The molecule has 27 heavy (non-hydrogen) atoms. The summed E-state index contributed by atoms with van der Waals surface area (Å²) in [6.07, 6.45) is 4.33. The predicted molar refractivity (Wildman–Crippen MR) is 128 cm³/mol. The summed E-state index contributed by atoms with van der Waals surface area (Å²) in [5.41, 5.74) is 4.11. The average molecular weight is 381 g/mol. The zero-order chi connectivity index (χ0) is 22.4. The van der Waals surface area contributed by atoms with Gasteiger partial charge in [-0.2, -0.15) is 0 Å². The quantitative estimate of drug-likeness (QED) is 0.497. The average Bonchev–Trinajstić information content (AvgIpc) is 2.72. The van der Waals surface area contributed by atoms with Crippen LogP contribution in [0.15, 0.2) is 18.2 Å². The monoisotopic (exact) mass is 380 g/mol. The molecule has 0 saturated carbocycles. The van der Waals surface area contributed by atoms with Gasteiger partial charge in [0.15, 0.2) is 0 Å². The van der Waals surface area contributed by atoms with Crippen molar-refractivity contribution >= 4 is 5.78 Å². The van der Waals surface area contributed by atoms with E-state index in [0.29, 0.717) is 12.2 Å². The third-order valence-electron chi connectivity index (χ3n) is 4.57. The standard InChI is InChI=1S/C9H12.C7H14O.C6H14.2C2H6/c1-7-4-5-8(2)9(3)6-7;1-4-6(3)7(8)5-2;1-4-6(3)5-2;2*1-2/h4-6H,1-3H3;6H,4-5H2,1-3H3;6H,4-5H2,1-3H3;2*1-2H3. The Hall–Kier alpha value is -1.11. The number of hydrogen-bond acceptors (Lipinski definition) is 1. The molecule has 1 heteroatoms. The first-order chi connectivity index (χ1) is 12.7. The second-order valence-electron chi connectivity index (χ2n) is 6.64. The lowest BCUT2D eigenvalue weighted by Crippen LogP contribution is -2.06. The van der Waals surface area contributed by atoms with E-state index in [9.17, 15) is 4.79 Å². The SMILES string of the molecule is CC.CC.CCC(=O)C(C)CC.CCC(C)CC.Cc1ccc(C)c(C)c1. The van der Waals surface area contributed by atoms with Crippen LogP contribution >= 0.6 is 0 Å². The minimum Gasteiger partial charge on any atom is -0.299 e. The Morgan fingerprint density at radius 1 is 0.778 bits per heavy atom. The third-order valence-corrected chi connectivity index (χ3v) is 4.57. The van der Waals surface area contributed by atoms with Crippen LogP contribution in [0.3, 0.4) is 0 Å². The number of hydrogen-bond donors (Lipinski definition) is 0. The van der Waals surface area contributed by atoms with Crippen LogP contribution in [-0.4, -0.2) is 5.78 Å². The molecule has 162 valence electrons. The van der Waals surface area contributed by atoms with Crippen molar-refractivity contribution in [2.24, 2.45) is 11.8 Å². The highest BCUT2D eigenvalue weighted by molar-refractivity contribution is 5.80. The molecule has 0 aliphatic heterocycles. The summed E-state index contributed by atoms with van der Waals surface area (Å²) >= 11 is 0. The van der Waals surface area contributed by atoms with Gasteiger partial charge in [0.25, 0.3) is 0 Å². The molecule has 1 aromatic carbocycles. The molecule has 1 atom stereocenters. The molecule has 0 aliphatic rings. The van der Waals surface area contributed by atoms with Crippen LogP contribution in [0.4, 0.5) is 0 Å². The summed E-state index contributed by atoms with van der Waals surface area (Å²) < 4.78 is 0. The number of carbonyl (C=O) groups is 1. The van der Waals surface area contributed by atoms with Gasteiger partial charge in [-0.3, -0.25) is 4.79 Å². The van der Waals surface area contributed by atoms with Gasteiger partial charge in [0.05, 0.1) is 0 Å². The molecule has 0 bridgehead atoms. The van der Waals surface area contributed by atoms with E-state index in [4.69, 9.17) is 0 Å². The Balaban J connectivity index is -0.000000136. The van der Waals surface area contributed by atoms with Crippen molar-refractivity contribution in [2.45, 2.75) is 116 Å². The van der Waals surface area contributed by atoms with E-state index >= 15 is 0 Å². The van der Waals surface area contributed by atoms with E-state index in [2.05, 4.69) is 59.7 Å². The number of Topliss-reactive ketones (excluding diaryl/α,β-unsaturated/α-hetero) is 1. The largest absolute Gasteiger partial charge is 0.299 e. The number of ketones is 1. The molecular formula is C26H52O. The van der Waals surface area contributed by atoms with E-state index in [-0.39, 0.29) is 5.92 Å². The Kier molecular flexibility index (Phi) is 30.9. The number of rotatable bonds is 5. The Labute approximate surface area is 173 Å². The molecule has 1 aromatic rings. The molecule has 0 saturated heterocycles. The van der Waals surface area contributed by atoms with E-state index in [1.165, 1.54) is 29.5 Å². The van der Waals surface area contributed by atoms with E-state index in [1.807, 2.05) is 48.5 Å². The van der Waals surface area contributed by atoms with Gasteiger partial charge in [0.2, 0.25) is 0 Å². The third kappa shape index (κ3) is 22.8. The first-order valence-corrected chi connectivity index (χ1v) is 11.3. The summed E-state index contributed by atoms with van der Waals surface area (Å²) in [7, 11) is 0. The van der Waals surface area contributed by atoms with Gasteiger partial charge in [-0.15, -0.1) is 0 Å². The normalized spacial score (nSPS) is 9.85. The maximum atomic E-state index is 10.7. The Morgan fingerprint density at radius 3 is 1.41 bits per heavy atom. The lowest BCUT2D eigenvalue weighted by atomic mass is 10.0. The van der Waals surface area contributed by atoms with Gasteiger partial charge in [0, 0.05) is 12.3 Å². The first-order valence-electron chi connectivity index (χ1n) is 11.3. The van der Waals surface area contributed by atoms with Gasteiger partial charge in [-0.05, 0) is 44.2 Å². The fraction of sp³-hybridized carbons (Fsp3) is 0.731. The fourth-order valence-electron chi connectivity index (χ4n) is 1.76. The van der Waals surface area contributed by atoms with Gasteiger partial charge in [-0.25, -0.2) is 0 Å². The topological polar surface area (TPSA) is 17.1 Å². The molecule has 0 aliphatic carbocycles. The lowest BCUT2D eigenvalue weighted by molar-refractivity contribution is -0.122. The molecule has 0 N–H and O–H groups in total. The highest BCUT2D eigenvalue weighted by Crippen LogP contribution is 2.07. The molecule has 0 spiro atoms. The minimum absolute atomic E-state index is 0.278. The minimum atomic E-state index is 0.278. The summed E-state index contributed by atoms with van der Waals surface area (Å²) in [6.45, 7) is 27.1. The zero-order valence-electron chi connectivity index (χ0n) is 21.1. The summed E-state index contributed by atoms with van der Waals surface area (Å²) in [5.74, 6) is 1.59. The molecule has 0 amide bonds. The second kappa shape index (κ2) is 24.9. The van der Waals surface area contributed by atoms with Gasteiger partial charge < -0.3 is 0 Å². The van der Waals surface area contributed by atoms with Crippen LogP contribution in [0.25, 0.3) is 0 Å². The first kappa shape index (κ1) is 33.5. The van der Waals surface area contributed by atoms with Crippen molar-refractivity contribution in [1.29, 1.82) is 0 Å². The summed E-state index contributed by atoms with van der Waals surface area (Å²) in [6, 6.07) is 6.50. The summed E-state index contributed by atoms with van der Waals surface area (Å²) in [4.78, 5) is 10.7. The lowest BCUT2D eigenvalue weighted by Gasteiger charge is -2.02. The summed E-state index contributed by atoms with van der Waals surface area (Å²) in [5, 5.41) is 0. The highest BCUT2D eigenvalue weighted by atomic mass is 16.1. The van der Waals surface area contributed by atoms with E-state index < -0.39 is 0 Å². The van der Waals surface area contributed by atoms with Crippen molar-refractivity contribution in [2.75, 3.05) is 0 Å². The number of aryl methyl sites for hydroxylation is 3. The van der Waals surface area contributed by atoms with Crippen LogP contribution in [0.1, 0.15) is 112 Å².